The molecule has 3 rings (SSSR count). The molecule has 98 valence electrons. The SMILES string of the molecule is CCc1ccc2c(c1)OCCn1cc(C(N)=O)nc1-2. The predicted octanol–water partition coefficient (Wildman–Crippen LogP) is 1.60. The van der Waals surface area contributed by atoms with Crippen molar-refractivity contribution in [1.82, 2.24) is 9.55 Å². The first kappa shape index (κ1) is 11.8. The van der Waals surface area contributed by atoms with Gasteiger partial charge in [0.05, 0.1) is 12.1 Å². The van der Waals surface area contributed by atoms with Gasteiger partial charge in [0.15, 0.2) is 0 Å². The van der Waals surface area contributed by atoms with Gasteiger partial charge in [-0.05, 0) is 24.1 Å². The summed E-state index contributed by atoms with van der Waals surface area (Å²) >= 11 is 0. The lowest BCUT2D eigenvalue weighted by molar-refractivity contribution is 0.0996. The third-order valence-corrected chi connectivity index (χ3v) is 3.31. The minimum atomic E-state index is -0.506. The van der Waals surface area contributed by atoms with Crippen LogP contribution in [0.2, 0.25) is 0 Å². The number of carbonyl (C=O) groups excluding carboxylic acids is 1. The van der Waals surface area contributed by atoms with E-state index in [0.29, 0.717) is 18.8 Å². The Balaban J connectivity index is 2.16. The highest BCUT2D eigenvalue weighted by Gasteiger charge is 2.19. The number of nitrogens with two attached hydrogens (primary N) is 1. The summed E-state index contributed by atoms with van der Waals surface area (Å²) in [5.41, 5.74) is 7.70. The van der Waals surface area contributed by atoms with E-state index in [2.05, 4.69) is 18.0 Å². The van der Waals surface area contributed by atoms with Crippen molar-refractivity contribution in [1.29, 1.82) is 0 Å². The van der Waals surface area contributed by atoms with Crippen LogP contribution in [0.5, 0.6) is 5.75 Å². The monoisotopic (exact) mass is 257 g/mol. The van der Waals surface area contributed by atoms with Gasteiger partial charge in [-0.15, -0.1) is 0 Å². The second kappa shape index (κ2) is 4.42. The third-order valence-electron chi connectivity index (χ3n) is 3.31. The second-order valence-corrected chi connectivity index (χ2v) is 4.54. The van der Waals surface area contributed by atoms with E-state index < -0.39 is 5.91 Å². The minimum absolute atomic E-state index is 0.294. The fourth-order valence-electron chi connectivity index (χ4n) is 2.26. The number of rotatable bonds is 2. The highest BCUT2D eigenvalue weighted by Crippen LogP contribution is 2.32. The van der Waals surface area contributed by atoms with Gasteiger partial charge >= 0.3 is 0 Å². The zero-order valence-electron chi connectivity index (χ0n) is 10.7. The van der Waals surface area contributed by atoms with Crippen molar-refractivity contribution in [2.75, 3.05) is 6.61 Å². The molecule has 0 unspecified atom stereocenters. The van der Waals surface area contributed by atoms with Crippen molar-refractivity contribution in [2.24, 2.45) is 5.73 Å². The Morgan fingerprint density at radius 1 is 1.53 bits per heavy atom. The van der Waals surface area contributed by atoms with Crippen molar-refractivity contribution in [3.05, 3.63) is 35.7 Å². The number of benzene rings is 1. The molecule has 5 heteroatoms. The van der Waals surface area contributed by atoms with Crippen molar-refractivity contribution in [2.45, 2.75) is 19.9 Å². The maximum atomic E-state index is 11.2. The van der Waals surface area contributed by atoms with E-state index in [0.717, 1.165) is 23.6 Å². The van der Waals surface area contributed by atoms with Gasteiger partial charge in [-0.25, -0.2) is 4.98 Å². The van der Waals surface area contributed by atoms with E-state index in [1.54, 1.807) is 6.20 Å². The van der Waals surface area contributed by atoms with Crippen molar-refractivity contribution in [3.63, 3.8) is 0 Å². The van der Waals surface area contributed by atoms with Crippen LogP contribution in [0.4, 0.5) is 0 Å². The van der Waals surface area contributed by atoms with Crippen LogP contribution in [-0.2, 0) is 13.0 Å². The summed E-state index contributed by atoms with van der Waals surface area (Å²) in [5, 5.41) is 0. The number of hydrogen-bond acceptors (Lipinski definition) is 3. The molecule has 2 aromatic rings. The fraction of sp³-hybridized carbons (Fsp3) is 0.286. The number of carbonyl (C=O) groups is 1. The van der Waals surface area contributed by atoms with Crippen LogP contribution < -0.4 is 10.5 Å². The first-order valence-electron chi connectivity index (χ1n) is 6.32. The summed E-state index contributed by atoms with van der Waals surface area (Å²) in [6, 6.07) is 6.07. The van der Waals surface area contributed by atoms with E-state index in [1.807, 2.05) is 16.7 Å². The molecule has 2 N–H and O–H groups in total. The van der Waals surface area contributed by atoms with Crippen molar-refractivity contribution < 1.29 is 9.53 Å². The predicted molar refractivity (Wildman–Crippen MR) is 71.1 cm³/mol. The molecule has 0 bridgehead atoms. The van der Waals surface area contributed by atoms with E-state index in [1.165, 1.54) is 5.56 Å². The number of primary amides is 1. The topological polar surface area (TPSA) is 70.1 Å². The molecule has 0 radical (unpaired) electrons. The Bertz CT molecular complexity index is 646. The lowest BCUT2D eigenvalue weighted by Crippen LogP contribution is -2.11. The molecule has 0 spiro atoms. The molecular weight excluding hydrogens is 242 g/mol. The van der Waals surface area contributed by atoms with E-state index in [-0.39, 0.29) is 0 Å². The standard InChI is InChI=1S/C14H15N3O2/c1-2-9-3-4-10-12(7-9)19-6-5-17-8-11(13(15)18)16-14(10)17/h3-4,7-8H,2,5-6H2,1H3,(H2,15,18). The number of amides is 1. The molecule has 0 fully saturated rings. The average Bonchev–Trinajstić information content (AvgIpc) is 2.76. The highest BCUT2D eigenvalue weighted by atomic mass is 16.5. The molecule has 19 heavy (non-hydrogen) atoms. The van der Waals surface area contributed by atoms with E-state index in [4.69, 9.17) is 10.5 Å². The van der Waals surface area contributed by atoms with Crippen LogP contribution in [0.3, 0.4) is 0 Å². The third kappa shape index (κ3) is 1.97. The van der Waals surface area contributed by atoms with Crippen molar-refractivity contribution in [3.8, 4) is 17.1 Å². The second-order valence-electron chi connectivity index (χ2n) is 4.54. The van der Waals surface area contributed by atoms with Gasteiger partial charge in [0.1, 0.15) is 23.9 Å². The minimum Gasteiger partial charge on any atom is -0.491 e. The number of ether oxygens (including phenoxy) is 1. The van der Waals surface area contributed by atoms with Crippen LogP contribution in [-0.4, -0.2) is 22.1 Å². The van der Waals surface area contributed by atoms with Gasteiger partial charge in [0.25, 0.3) is 5.91 Å². The number of fused-ring (bicyclic) bond motifs is 3. The summed E-state index contributed by atoms with van der Waals surface area (Å²) in [6.07, 6.45) is 2.64. The van der Waals surface area contributed by atoms with Crippen molar-refractivity contribution >= 4 is 5.91 Å². The lowest BCUT2D eigenvalue weighted by atomic mass is 10.1. The zero-order chi connectivity index (χ0) is 13.4. The largest absolute Gasteiger partial charge is 0.491 e. The van der Waals surface area contributed by atoms with Gasteiger partial charge in [0, 0.05) is 6.20 Å². The van der Waals surface area contributed by atoms with E-state index in [9.17, 15) is 4.79 Å². The van der Waals surface area contributed by atoms with Gasteiger partial charge < -0.3 is 15.0 Å². The molecule has 1 aromatic heterocycles. The smallest absolute Gasteiger partial charge is 0.268 e. The molecule has 1 aliphatic rings. The number of hydrogen-bond donors (Lipinski definition) is 1. The Labute approximate surface area is 111 Å². The molecule has 0 saturated heterocycles. The Hall–Kier alpha value is -2.30. The van der Waals surface area contributed by atoms with Gasteiger partial charge in [-0.3, -0.25) is 4.79 Å². The summed E-state index contributed by atoms with van der Waals surface area (Å²) in [7, 11) is 0. The molecule has 0 saturated carbocycles. The first-order chi connectivity index (χ1) is 9.19. The zero-order valence-corrected chi connectivity index (χ0v) is 10.7. The molecule has 1 aromatic carbocycles. The maximum absolute atomic E-state index is 11.2. The molecule has 2 heterocycles. The lowest BCUT2D eigenvalue weighted by Gasteiger charge is -2.07. The average molecular weight is 257 g/mol. The fourth-order valence-corrected chi connectivity index (χ4v) is 2.26. The summed E-state index contributed by atoms with van der Waals surface area (Å²) in [4.78, 5) is 15.5. The Morgan fingerprint density at radius 2 is 2.37 bits per heavy atom. The Morgan fingerprint density at radius 3 is 3.11 bits per heavy atom. The first-order valence-corrected chi connectivity index (χ1v) is 6.32. The molecule has 1 aliphatic heterocycles. The van der Waals surface area contributed by atoms with Gasteiger partial charge in [-0.1, -0.05) is 13.0 Å². The molecule has 1 amide bonds. The van der Waals surface area contributed by atoms with Crippen LogP contribution in [0.1, 0.15) is 23.0 Å². The number of aromatic nitrogens is 2. The summed E-state index contributed by atoms with van der Waals surface area (Å²) < 4.78 is 7.67. The van der Waals surface area contributed by atoms with Crippen LogP contribution in [0.25, 0.3) is 11.4 Å². The van der Waals surface area contributed by atoms with Crippen LogP contribution >= 0.6 is 0 Å². The van der Waals surface area contributed by atoms with Gasteiger partial charge in [-0.2, -0.15) is 0 Å². The number of imidazole rings is 1. The highest BCUT2D eigenvalue weighted by molar-refractivity contribution is 5.91. The van der Waals surface area contributed by atoms with Crippen LogP contribution in [0, 0.1) is 0 Å². The maximum Gasteiger partial charge on any atom is 0.268 e. The normalized spacial score (nSPS) is 13.1. The quantitative estimate of drug-likeness (QED) is 0.888. The molecule has 5 nitrogen and oxygen atoms in total. The summed E-state index contributed by atoms with van der Waals surface area (Å²) in [6.45, 7) is 3.32. The molecule has 0 atom stereocenters. The van der Waals surface area contributed by atoms with E-state index >= 15 is 0 Å². The molecular formula is C14H15N3O2. The van der Waals surface area contributed by atoms with Gasteiger partial charge in [0.2, 0.25) is 0 Å². The Kier molecular flexibility index (Phi) is 2.74. The van der Waals surface area contributed by atoms with Crippen LogP contribution in [0.15, 0.2) is 24.4 Å². The molecule has 0 aliphatic carbocycles. The summed E-state index contributed by atoms with van der Waals surface area (Å²) in [5.74, 6) is 1.05. The number of aryl methyl sites for hydroxylation is 1. The number of nitrogens with zero attached hydrogens (tertiary/aromatic N) is 2.